The van der Waals surface area contributed by atoms with Gasteiger partial charge in [-0.05, 0) is 24.3 Å². The normalized spacial score (nSPS) is 10.5. The van der Waals surface area contributed by atoms with Gasteiger partial charge in [0.15, 0.2) is 0 Å². The molecule has 3 aromatic rings. The van der Waals surface area contributed by atoms with Crippen LogP contribution in [0.5, 0.6) is 0 Å². The molecule has 0 aliphatic carbocycles. The summed E-state index contributed by atoms with van der Waals surface area (Å²) < 4.78 is 0. The zero-order valence-corrected chi connectivity index (χ0v) is 9.81. The van der Waals surface area contributed by atoms with Crippen molar-refractivity contribution < 1.29 is 4.79 Å². The number of pyridine rings is 1. The first-order valence-electron chi connectivity index (χ1n) is 5.65. The summed E-state index contributed by atoms with van der Waals surface area (Å²) in [7, 11) is 0. The van der Waals surface area contributed by atoms with E-state index in [9.17, 15) is 9.59 Å². The number of aromatic amines is 2. The Morgan fingerprint density at radius 2 is 2.11 bits per heavy atom. The van der Waals surface area contributed by atoms with Gasteiger partial charge < -0.3 is 10.3 Å². The Labute approximate surface area is 107 Å². The van der Waals surface area contributed by atoms with Crippen LogP contribution in [0.15, 0.2) is 47.5 Å². The van der Waals surface area contributed by atoms with E-state index in [1.54, 1.807) is 12.3 Å². The topological polar surface area (TPSA) is 90.6 Å². The molecule has 6 heteroatoms. The Morgan fingerprint density at radius 1 is 1.21 bits per heavy atom. The molecule has 19 heavy (non-hydrogen) atoms. The van der Waals surface area contributed by atoms with E-state index < -0.39 is 0 Å². The average Bonchev–Trinajstić information content (AvgIpc) is 2.87. The minimum atomic E-state index is -0.279. The average molecular weight is 254 g/mol. The van der Waals surface area contributed by atoms with Gasteiger partial charge in [0.1, 0.15) is 0 Å². The highest BCUT2D eigenvalue weighted by Crippen LogP contribution is 2.17. The van der Waals surface area contributed by atoms with Crippen molar-refractivity contribution in [1.29, 1.82) is 0 Å². The van der Waals surface area contributed by atoms with Crippen LogP contribution >= 0.6 is 0 Å². The third-order valence-corrected chi connectivity index (χ3v) is 2.74. The molecule has 3 N–H and O–H groups in total. The number of aromatic nitrogens is 3. The molecule has 0 spiro atoms. The number of hydrogen-bond acceptors (Lipinski definition) is 3. The molecule has 0 radical (unpaired) electrons. The quantitative estimate of drug-likeness (QED) is 0.647. The lowest BCUT2D eigenvalue weighted by Crippen LogP contribution is -2.14. The van der Waals surface area contributed by atoms with Crippen molar-refractivity contribution in [3.63, 3.8) is 0 Å². The van der Waals surface area contributed by atoms with Crippen LogP contribution in [-0.4, -0.2) is 21.1 Å². The molecule has 6 nitrogen and oxygen atoms in total. The summed E-state index contributed by atoms with van der Waals surface area (Å²) in [6.45, 7) is 0. The van der Waals surface area contributed by atoms with E-state index in [0.717, 1.165) is 10.9 Å². The number of benzene rings is 1. The van der Waals surface area contributed by atoms with Crippen LogP contribution in [0, 0.1) is 0 Å². The summed E-state index contributed by atoms with van der Waals surface area (Å²) in [4.78, 5) is 25.3. The van der Waals surface area contributed by atoms with Crippen molar-refractivity contribution in [3.05, 3.63) is 58.6 Å². The first-order valence-corrected chi connectivity index (χ1v) is 5.65. The van der Waals surface area contributed by atoms with E-state index in [0.29, 0.717) is 11.3 Å². The number of carbonyl (C=O) groups excluding carboxylic acids is 1. The Morgan fingerprint density at radius 3 is 2.89 bits per heavy atom. The number of rotatable bonds is 2. The van der Waals surface area contributed by atoms with Gasteiger partial charge in [0.25, 0.3) is 5.91 Å². The first-order chi connectivity index (χ1) is 9.22. The predicted molar refractivity (Wildman–Crippen MR) is 71.1 cm³/mol. The van der Waals surface area contributed by atoms with E-state index in [-0.39, 0.29) is 11.5 Å². The molecule has 2 aromatic heterocycles. The predicted octanol–water partition coefficient (Wildman–Crippen LogP) is 1.50. The number of amides is 1. The summed E-state index contributed by atoms with van der Waals surface area (Å²) in [5.74, 6) is -0.279. The molecule has 0 saturated heterocycles. The smallest absolute Gasteiger partial charge is 0.257 e. The third kappa shape index (κ3) is 2.23. The van der Waals surface area contributed by atoms with Gasteiger partial charge in [0.2, 0.25) is 5.56 Å². The molecule has 1 amide bonds. The molecule has 94 valence electrons. The molecule has 0 fully saturated rings. The summed E-state index contributed by atoms with van der Waals surface area (Å²) in [6.07, 6.45) is 3.07. The number of H-pyrrole nitrogens is 2. The second-order valence-corrected chi connectivity index (χ2v) is 4.07. The van der Waals surface area contributed by atoms with Gasteiger partial charge in [-0.25, -0.2) is 0 Å². The first kappa shape index (κ1) is 11.2. The van der Waals surface area contributed by atoms with Gasteiger partial charge in [0, 0.05) is 23.3 Å². The standard InChI is InChI=1S/C13H10N4O2/c18-12-4-1-8(6-14-12)13(19)16-10-2-3-11-9(5-10)7-15-17-11/h1-7H,(H,14,18)(H,15,17)(H,16,19). The van der Waals surface area contributed by atoms with Crippen molar-refractivity contribution in [2.24, 2.45) is 0 Å². The van der Waals surface area contributed by atoms with Crippen LogP contribution < -0.4 is 10.9 Å². The second-order valence-electron chi connectivity index (χ2n) is 4.07. The van der Waals surface area contributed by atoms with E-state index in [4.69, 9.17) is 0 Å². The second kappa shape index (κ2) is 4.41. The Bertz CT molecular complexity index is 783. The van der Waals surface area contributed by atoms with Gasteiger partial charge >= 0.3 is 0 Å². The number of carbonyl (C=O) groups is 1. The zero-order valence-electron chi connectivity index (χ0n) is 9.81. The van der Waals surface area contributed by atoms with Crippen molar-refractivity contribution in [1.82, 2.24) is 15.2 Å². The molecule has 0 saturated carbocycles. The maximum absolute atomic E-state index is 11.9. The van der Waals surface area contributed by atoms with Crippen molar-refractivity contribution in [2.45, 2.75) is 0 Å². The molecule has 0 unspecified atom stereocenters. The number of hydrogen-bond donors (Lipinski definition) is 3. The van der Waals surface area contributed by atoms with Crippen molar-refractivity contribution in [3.8, 4) is 0 Å². The number of nitrogens with zero attached hydrogens (tertiary/aromatic N) is 1. The summed E-state index contributed by atoms with van der Waals surface area (Å²) in [6, 6.07) is 8.23. The molecular formula is C13H10N4O2. The van der Waals surface area contributed by atoms with Crippen molar-refractivity contribution >= 4 is 22.5 Å². The molecule has 3 rings (SSSR count). The van der Waals surface area contributed by atoms with E-state index in [1.165, 1.54) is 18.3 Å². The van der Waals surface area contributed by atoms with Gasteiger partial charge in [-0.2, -0.15) is 5.10 Å². The van der Waals surface area contributed by atoms with E-state index in [1.807, 2.05) is 12.1 Å². The van der Waals surface area contributed by atoms with Crippen LogP contribution in [0.1, 0.15) is 10.4 Å². The molecular weight excluding hydrogens is 244 g/mol. The fraction of sp³-hybridized carbons (Fsp3) is 0. The van der Waals surface area contributed by atoms with Gasteiger partial charge in [-0.15, -0.1) is 0 Å². The Kier molecular flexibility index (Phi) is 2.60. The highest BCUT2D eigenvalue weighted by Gasteiger charge is 2.06. The largest absolute Gasteiger partial charge is 0.328 e. The molecule has 0 aliphatic heterocycles. The van der Waals surface area contributed by atoms with E-state index >= 15 is 0 Å². The third-order valence-electron chi connectivity index (χ3n) is 2.74. The molecule has 1 aromatic carbocycles. The van der Waals surface area contributed by atoms with Gasteiger partial charge in [0.05, 0.1) is 17.3 Å². The highest BCUT2D eigenvalue weighted by molar-refractivity contribution is 6.04. The van der Waals surface area contributed by atoms with Gasteiger partial charge in [-0.3, -0.25) is 14.7 Å². The lowest BCUT2D eigenvalue weighted by molar-refractivity contribution is 0.102. The number of nitrogens with one attached hydrogen (secondary N) is 3. The summed E-state index contributed by atoms with van der Waals surface area (Å²) >= 11 is 0. The molecule has 0 aliphatic rings. The van der Waals surface area contributed by atoms with Crippen LogP contribution in [0.3, 0.4) is 0 Å². The van der Waals surface area contributed by atoms with Crippen LogP contribution in [-0.2, 0) is 0 Å². The fourth-order valence-electron chi connectivity index (χ4n) is 1.78. The molecule has 2 heterocycles. The number of fused-ring (bicyclic) bond motifs is 1. The minimum Gasteiger partial charge on any atom is -0.328 e. The summed E-state index contributed by atoms with van der Waals surface area (Å²) in [5.41, 5.74) is 1.73. The van der Waals surface area contributed by atoms with Crippen LogP contribution in [0.2, 0.25) is 0 Å². The monoisotopic (exact) mass is 254 g/mol. The van der Waals surface area contributed by atoms with Gasteiger partial charge in [-0.1, -0.05) is 0 Å². The number of anilines is 1. The van der Waals surface area contributed by atoms with E-state index in [2.05, 4.69) is 20.5 Å². The maximum Gasteiger partial charge on any atom is 0.257 e. The fourth-order valence-corrected chi connectivity index (χ4v) is 1.78. The molecule has 0 bridgehead atoms. The SMILES string of the molecule is O=C(Nc1ccc2[nH]ncc2c1)c1ccc(=O)[nH]c1. The highest BCUT2D eigenvalue weighted by atomic mass is 16.1. The lowest BCUT2D eigenvalue weighted by atomic mass is 10.2. The lowest BCUT2D eigenvalue weighted by Gasteiger charge is -2.04. The summed E-state index contributed by atoms with van der Waals surface area (Å²) in [5, 5.41) is 10.4. The Balaban J connectivity index is 1.85. The molecule has 0 atom stereocenters. The van der Waals surface area contributed by atoms with Crippen molar-refractivity contribution in [2.75, 3.05) is 5.32 Å². The minimum absolute atomic E-state index is 0.239. The maximum atomic E-state index is 11.9. The Hall–Kier alpha value is -2.89. The van der Waals surface area contributed by atoms with Crippen LogP contribution in [0.4, 0.5) is 5.69 Å². The zero-order chi connectivity index (χ0) is 13.2. The van der Waals surface area contributed by atoms with Crippen LogP contribution in [0.25, 0.3) is 10.9 Å².